The van der Waals surface area contributed by atoms with Gasteiger partial charge in [-0.25, -0.2) is 0 Å². The van der Waals surface area contributed by atoms with Gasteiger partial charge in [0.1, 0.15) is 0 Å². The molecule has 76 valence electrons. The highest BCUT2D eigenvalue weighted by molar-refractivity contribution is 5.73. The molecule has 0 spiro atoms. The second-order valence-electron chi connectivity index (χ2n) is 3.83. The van der Waals surface area contributed by atoms with Crippen LogP contribution in [0.3, 0.4) is 0 Å². The quantitative estimate of drug-likeness (QED) is 0.651. The van der Waals surface area contributed by atoms with Gasteiger partial charge in [-0.05, 0) is 45.3 Å². The van der Waals surface area contributed by atoms with E-state index in [2.05, 4.69) is 4.90 Å². The Labute approximate surface area is 80.3 Å². The zero-order valence-electron chi connectivity index (χ0n) is 8.30. The second kappa shape index (κ2) is 5.97. The first kappa shape index (κ1) is 10.5. The highest BCUT2D eigenvalue weighted by Crippen LogP contribution is 2.09. The van der Waals surface area contributed by atoms with Crippen LogP contribution in [-0.2, 0) is 4.79 Å². The normalized spacial score (nSPS) is 18.8. The van der Waals surface area contributed by atoms with E-state index in [1.54, 1.807) is 0 Å². The van der Waals surface area contributed by atoms with Gasteiger partial charge in [-0.15, -0.1) is 0 Å². The molecule has 0 saturated carbocycles. The number of nitrogens with zero attached hydrogens (tertiary/aromatic N) is 1. The monoisotopic (exact) mass is 184 g/mol. The zero-order chi connectivity index (χ0) is 9.52. The number of unbranched alkanes of at least 4 members (excludes halogenated alkanes) is 1. The Balaban J connectivity index is 1.95. The summed E-state index contributed by atoms with van der Waals surface area (Å²) in [7, 11) is 0. The molecular weight excluding hydrogens is 164 g/mol. The van der Waals surface area contributed by atoms with Gasteiger partial charge < -0.3 is 10.6 Å². The van der Waals surface area contributed by atoms with Crippen molar-refractivity contribution in [2.75, 3.05) is 19.6 Å². The van der Waals surface area contributed by atoms with Crippen molar-refractivity contribution >= 4 is 5.91 Å². The Morgan fingerprint density at radius 2 is 1.85 bits per heavy atom. The van der Waals surface area contributed by atoms with E-state index < -0.39 is 0 Å². The molecule has 0 bridgehead atoms. The maximum atomic E-state index is 10.5. The van der Waals surface area contributed by atoms with Crippen LogP contribution in [0.2, 0.25) is 0 Å². The van der Waals surface area contributed by atoms with Crippen molar-refractivity contribution < 1.29 is 4.79 Å². The summed E-state index contributed by atoms with van der Waals surface area (Å²) in [5.74, 6) is -0.168. The highest BCUT2D eigenvalue weighted by atomic mass is 16.1. The summed E-state index contributed by atoms with van der Waals surface area (Å²) in [6.07, 6.45) is 6.69. The van der Waals surface area contributed by atoms with Crippen LogP contribution in [0.5, 0.6) is 0 Å². The molecule has 0 aliphatic carbocycles. The zero-order valence-corrected chi connectivity index (χ0v) is 8.30. The lowest BCUT2D eigenvalue weighted by molar-refractivity contribution is -0.118. The number of amides is 1. The van der Waals surface area contributed by atoms with Crippen molar-refractivity contribution in [2.45, 2.75) is 38.5 Å². The third-order valence-corrected chi connectivity index (χ3v) is 2.60. The Hall–Kier alpha value is -0.570. The standard InChI is InChI=1S/C10H20N2O/c11-10(13)6-2-5-9-12-7-3-1-4-8-12/h1-9H2,(H2,11,13). The summed E-state index contributed by atoms with van der Waals surface area (Å²) in [5, 5.41) is 0. The van der Waals surface area contributed by atoms with Crippen molar-refractivity contribution in [2.24, 2.45) is 5.73 Å². The summed E-state index contributed by atoms with van der Waals surface area (Å²) in [5.41, 5.74) is 5.06. The summed E-state index contributed by atoms with van der Waals surface area (Å²) < 4.78 is 0. The second-order valence-corrected chi connectivity index (χ2v) is 3.83. The summed E-state index contributed by atoms with van der Waals surface area (Å²) in [6.45, 7) is 3.64. The molecule has 3 nitrogen and oxygen atoms in total. The smallest absolute Gasteiger partial charge is 0.217 e. The molecule has 2 N–H and O–H groups in total. The van der Waals surface area contributed by atoms with Crippen LogP contribution in [0, 0.1) is 0 Å². The molecule has 1 rings (SSSR count). The number of carbonyl (C=O) groups is 1. The fraction of sp³-hybridized carbons (Fsp3) is 0.900. The Kier molecular flexibility index (Phi) is 4.83. The molecule has 1 fully saturated rings. The first-order valence-electron chi connectivity index (χ1n) is 5.30. The SMILES string of the molecule is NC(=O)CCCCN1CCCCC1. The van der Waals surface area contributed by atoms with Crippen LogP contribution < -0.4 is 5.73 Å². The van der Waals surface area contributed by atoms with Gasteiger partial charge in [-0.2, -0.15) is 0 Å². The third-order valence-electron chi connectivity index (χ3n) is 2.60. The van der Waals surface area contributed by atoms with Gasteiger partial charge in [-0.3, -0.25) is 4.79 Å². The minimum atomic E-state index is -0.168. The van der Waals surface area contributed by atoms with Gasteiger partial charge >= 0.3 is 0 Å². The maximum absolute atomic E-state index is 10.5. The van der Waals surface area contributed by atoms with Crippen LogP contribution >= 0.6 is 0 Å². The number of primary amides is 1. The number of rotatable bonds is 5. The Morgan fingerprint density at radius 1 is 1.15 bits per heavy atom. The van der Waals surface area contributed by atoms with Crippen LogP contribution in [0.15, 0.2) is 0 Å². The van der Waals surface area contributed by atoms with E-state index >= 15 is 0 Å². The van der Waals surface area contributed by atoms with E-state index in [-0.39, 0.29) is 5.91 Å². The number of nitrogens with two attached hydrogens (primary N) is 1. The molecule has 1 amide bonds. The molecule has 0 radical (unpaired) electrons. The van der Waals surface area contributed by atoms with Gasteiger partial charge in [-0.1, -0.05) is 6.42 Å². The van der Waals surface area contributed by atoms with Gasteiger partial charge in [0.15, 0.2) is 0 Å². The minimum Gasteiger partial charge on any atom is -0.370 e. The summed E-state index contributed by atoms with van der Waals surface area (Å²) in [6, 6.07) is 0. The average molecular weight is 184 g/mol. The largest absolute Gasteiger partial charge is 0.370 e. The van der Waals surface area contributed by atoms with Gasteiger partial charge in [0.25, 0.3) is 0 Å². The molecule has 3 heteroatoms. The first-order valence-corrected chi connectivity index (χ1v) is 5.30. The number of likely N-dealkylation sites (tertiary alicyclic amines) is 1. The topological polar surface area (TPSA) is 46.3 Å². The molecular formula is C10H20N2O. The van der Waals surface area contributed by atoms with Crippen molar-refractivity contribution in [3.05, 3.63) is 0 Å². The number of carbonyl (C=O) groups excluding carboxylic acids is 1. The molecule has 0 unspecified atom stereocenters. The van der Waals surface area contributed by atoms with Crippen molar-refractivity contribution in [1.29, 1.82) is 0 Å². The lowest BCUT2D eigenvalue weighted by atomic mass is 10.1. The van der Waals surface area contributed by atoms with E-state index in [9.17, 15) is 4.79 Å². The highest BCUT2D eigenvalue weighted by Gasteiger charge is 2.08. The number of hydrogen-bond donors (Lipinski definition) is 1. The van der Waals surface area contributed by atoms with E-state index in [1.165, 1.54) is 32.4 Å². The van der Waals surface area contributed by atoms with Crippen LogP contribution in [0.25, 0.3) is 0 Å². The Morgan fingerprint density at radius 3 is 2.46 bits per heavy atom. The maximum Gasteiger partial charge on any atom is 0.217 e. The third kappa shape index (κ3) is 4.88. The molecule has 1 saturated heterocycles. The van der Waals surface area contributed by atoms with Gasteiger partial charge in [0.05, 0.1) is 0 Å². The minimum absolute atomic E-state index is 0.168. The fourth-order valence-corrected chi connectivity index (χ4v) is 1.82. The van der Waals surface area contributed by atoms with E-state index in [1.807, 2.05) is 0 Å². The molecule has 1 aliphatic heterocycles. The van der Waals surface area contributed by atoms with E-state index in [0.29, 0.717) is 6.42 Å². The number of hydrogen-bond acceptors (Lipinski definition) is 2. The van der Waals surface area contributed by atoms with Crippen LogP contribution in [0.1, 0.15) is 38.5 Å². The fourth-order valence-electron chi connectivity index (χ4n) is 1.82. The lowest BCUT2D eigenvalue weighted by Gasteiger charge is -2.26. The molecule has 13 heavy (non-hydrogen) atoms. The summed E-state index contributed by atoms with van der Waals surface area (Å²) >= 11 is 0. The predicted octanol–water partition coefficient (Wildman–Crippen LogP) is 1.13. The van der Waals surface area contributed by atoms with Crippen molar-refractivity contribution in [1.82, 2.24) is 4.90 Å². The molecule has 0 aromatic heterocycles. The average Bonchev–Trinajstić information content (AvgIpc) is 2.14. The van der Waals surface area contributed by atoms with Crippen molar-refractivity contribution in [3.63, 3.8) is 0 Å². The first-order chi connectivity index (χ1) is 6.29. The Bertz CT molecular complexity index is 153. The molecule has 1 heterocycles. The van der Waals surface area contributed by atoms with Crippen LogP contribution in [-0.4, -0.2) is 30.4 Å². The number of piperidine rings is 1. The molecule has 0 atom stereocenters. The lowest BCUT2D eigenvalue weighted by Crippen LogP contribution is -2.30. The van der Waals surface area contributed by atoms with Gasteiger partial charge in [0, 0.05) is 6.42 Å². The van der Waals surface area contributed by atoms with E-state index in [0.717, 1.165) is 19.4 Å². The molecule has 1 aliphatic rings. The van der Waals surface area contributed by atoms with Crippen LogP contribution in [0.4, 0.5) is 0 Å². The molecule has 0 aromatic carbocycles. The predicted molar refractivity (Wildman–Crippen MR) is 53.3 cm³/mol. The van der Waals surface area contributed by atoms with E-state index in [4.69, 9.17) is 5.73 Å². The van der Waals surface area contributed by atoms with Crippen molar-refractivity contribution in [3.8, 4) is 0 Å². The molecule has 0 aromatic rings. The van der Waals surface area contributed by atoms with Gasteiger partial charge in [0.2, 0.25) is 5.91 Å². The summed E-state index contributed by atoms with van der Waals surface area (Å²) in [4.78, 5) is 12.9.